The molecule has 23 heavy (non-hydrogen) atoms. The average Bonchev–Trinajstić information content (AvgIpc) is 3.10. The Hall–Kier alpha value is -2.63. The molecule has 6 heteroatoms. The van der Waals surface area contributed by atoms with Crippen molar-refractivity contribution in [3.05, 3.63) is 57.6 Å². The van der Waals surface area contributed by atoms with E-state index in [1.54, 1.807) is 35.2 Å². The molecule has 2 heterocycles. The number of carbonyl (C=O) groups excluding carboxylic acids is 1. The average molecular weight is 313 g/mol. The first-order chi connectivity index (χ1) is 11.1. The standard InChI is InChI=1S/C17H19N3O3/c1-2-9-19-13-7-3-4-8-14(13)20(17(23)16(19)22)12-15(21)18-10-5-6-11-18/h2-4,7-8H,1,5-6,9-12H2. The molecule has 0 radical (unpaired) electrons. The van der Waals surface area contributed by atoms with E-state index in [9.17, 15) is 14.4 Å². The van der Waals surface area contributed by atoms with Gasteiger partial charge in [0.1, 0.15) is 6.54 Å². The van der Waals surface area contributed by atoms with Crippen molar-refractivity contribution in [1.82, 2.24) is 14.0 Å². The minimum absolute atomic E-state index is 0.0937. The summed E-state index contributed by atoms with van der Waals surface area (Å²) < 4.78 is 2.68. The summed E-state index contributed by atoms with van der Waals surface area (Å²) in [5, 5.41) is 0. The number of para-hydroxylation sites is 2. The van der Waals surface area contributed by atoms with Crippen molar-refractivity contribution in [2.75, 3.05) is 13.1 Å². The minimum Gasteiger partial charge on any atom is -0.341 e. The van der Waals surface area contributed by atoms with Crippen LogP contribution in [0.2, 0.25) is 0 Å². The molecule has 120 valence electrons. The normalized spacial score (nSPS) is 14.3. The molecule has 1 saturated heterocycles. The molecule has 1 aromatic heterocycles. The molecule has 0 saturated carbocycles. The summed E-state index contributed by atoms with van der Waals surface area (Å²) in [6.45, 7) is 5.24. The Morgan fingerprint density at radius 2 is 1.61 bits per heavy atom. The predicted octanol–water partition coefficient (Wildman–Crippen LogP) is 0.972. The molecule has 0 spiro atoms. The molecule has 0 bridgehead atoms. The Morgan fingerprint density at radius 1 is 1.04 bits per heavy atom. The zero-order chi connectivity index (χ0) is 16.4. The maximum atomic E-state index is 12.5. The van der Waals surface area contributed by atoms with E-state index in [4.69, 9.17) is 0 Å². The van der Waals surface area contributed by atoms with Gasteiger partial charge in [-0.3, -0.25) is 23.5 Å². The molecular weight excluding hydrogens is 294 g/mol. The Bertz CT molecular complexity index is 873. The van der Waals surface area contributed by atoms with Crippen LogP contribution >= 0.6 is 0 Å². The van der Waals surface area contributed by atoms with Gasteiger partial charge in [-0.15, -0.1) is 6.58 Å². The quantitative estimate of drug-likeness (QED) is 0.624. The van der Waals surface area contributed by atoms with Crippen LogP contribution in [0.5, 0.6) is 0 Å². The molecule has 0 atom stereocenters. The van der Waals surface area contributed by atoms with Crippen LogP contribution in [0, 0.1) is 0 Å². The van der Waals surface area contributed by atoms with Gasteiger partial charge in [0.05, 0.1) is 11.0 Å². The predicted molar refractivity (Wildman–Crippen MR) is 88.5 cm³/mol. The SMILES string of the molecule is C=CCn1c(=O)c(=O)n(CC(=O)N2CCCC2)c2ccccc21. The van der Waals surface area contributed by atoms with E-state index in [1.165, 1.54) is 9.13 Å². The third-order valence-corrected chi connectivity index (χ3v) is 4.20. The summed E-state index contributed by atoms with van der Waals surface area (Å²) in [5.41, 5.74) is -0.0753. The summed E-state index contributed by atoms with van der Waals surface area (Å²) in [6, 6.07) is 7.13. The van der Waals surface area contributed by atoms with Crippen LogP contribution in [0.4, 0.5) is 0 Å². The van der Waals surface area contributed by atoms with Gasteiger partial charge in [0, 0.05) is 19.6 Å². The fourth-order valence-electron chi connectivity index (χ4n) is 3.04. The van der Waals surface area contributed by atoms with Gasteiger partial charge >= 0.3 is 11.1 Å². The van der Waals surface area contributed by atoms with Crippen molar-refractivity contribution >= 4 is 16.9 Å². The lowest BCUT2D eigenvalue weighted by Gasteiger charge is -2.18. The van der Waals surface area contributed by atoms with Crippen molar-refractivity contribution in [3.63, 3.8) is 0 Å². The van der Waals surface area contributed by atoms with Crippen molar-refractivity contribution in [1.29, 1.82) is 0 Å². The Kier molecular flexibility index (Phi) is 4.14. The smallest absolute Gasteiger partial charge is 0.317 e. The summed E-state index contributed by atoms with van der Waals surface area (Å²) in [6.07, 6.45) is 3.55. The highest BCUT2D eigenvalue weighted by Crippen LogP contribution is 2.12. The van der Waals surface area contributed by atoms with Gasteiger partial charge in [0.2, 0.25) is 5.91 Å². The number of hydrogen-bond acceptors (Lipinski definition) is 3. The molecule has 0 aliphatic carbocycles. The van der Waals surface area contributed by atoms with Crippen LogP contribution in [0.1, 0.15) is 12.8 Å². The van der Waals surface area contributed by atoms with Gasteiger partial charge in [0.25, 0.3) is 0 Å². The third-order valence-electron chi connectivity index (χ3n) is 4.20. The zero-order valence-electron chi connectivity index (χ0n) is 12.9. The van der Waals surface area contributed by atoms with Gasteiger partial charge in [0.15, 0.2) is 0 Å². The number of carbonyl (C=O) groups is 1. The van der Waals surface area contributed by atoms with Crippen LogP contribution < -0.4 is 11.1 Å². The molecular formula is C17H19N3O3. The Labute approximate surface area is 133 Å². The maximum Gasteiger partial charge on any atom is 0.317 e. The fraction of sp³-hybridized carbons (Fsp3) is 0.353. The summed E-state index contributed by atoms with van der Waals surface area (Å²) >= 11 is 0. The van der Waals surface area contributed by atoms with E-state index in [1.807, 2.05) is 0 Å². The summed E-state index contributed by atoms with van der Waals surface area (Å²) in [4.78, 5) is 38.9. The first-order valence-electron chi connectivity index (χ1n) is 7.74. The number of hydrogen-bond donors (Lipinski definition) is 0. The summed E-state index contributed by atoms with van der Waals surface area (Å²) in [7, 11) is 0. The second kappa shape index (κ2) is 6.24. The van der Waals surface area contributed by atoms with Crippen LogP contribution in [0.15, 0.2) is 46.5 Å². The van der Waals surface area contributed by atoms with E-state index in [-0.39, 0.29) is 19.0 Å². The maximum absolute atomic E-state index is 12.5. The van der Waals surface area contributed by atoms with E-state index >= 15 is 0 Å². The first-order valence-corrected chi connectivity index (χ1v) is 7.74. The molecule has 2 aromatic rings. The van der Waals surface area contributed by atoms with E-state index < -0.39 is 11.1 Å². The van der Waals surface area contributed by atoms with Crippen LogP contribution in [0.25, 0.3) is 11.0 Å². The highest BCUT2D eigenvalue weighted by Gasteiger charge is 2.20. The molecule has 0 unspecified atom stereocenters. The monoisotopic (exact) mass is 313 g/mol. The topological polar surface area (TPSA) is 64.3 Å². The molecule has 1 aromatic carbocycles. The second-order valence-corrected chi connectivity index (χ2v) is 5.67. The number of fused-ring (bicyclic) bond motifs is 1. The number of aromatic nitrogens is 2. The van der Waals surface area contributed by atoms with E-state index in [2.05, 4.69) is 6.58 Å². The van der Waals surface area contributed by atoms with Gasteiger partial charge in [-0.1, -0.05) is 18.2 Å². The highest BCUT2D eigenvalue weighted by molar-refractivity contribution is 5.80. The lowest BCUT2D eigenvalue weighted by Crippen LogP contribution is -2.44. The summed E-state index contributed by atoms with van der Waals surface area (Å²) in [5.74, 6) is -0.115. The van der Waals surface area contributed by atoms with E-state index in [0.717, 1.165) is 25.9 Å². The lowest BCUT2D eigenvalue weighted by molar-refractivity contribution is -0.130. The number of allylic oxidation sites excluding steroid dienone is 1. The minimum atomic E-state index is -0.668. The third kappa shape index (κ3) is 2.72. The van der Waals surface area contributed by atoms with Crippen molar-refractivity contribution in [2.45, 2.75) is 25.9 Å². The molecule has 6 nitrogen and oxygen atoms in total. The van der Waals surface area contributed by atoms with Gasteiger partial charge in [-0.05, 0) is 25.0 Å². The largest absolute Gasteiger partial charge is 0.341 e. The Balaban J connectivity index is 2.13. The van der Waals surface area contributed by atoms with Gasteiger partial charge in [-0.2, -0.15) is 0 Å². The van der Waals surface area contributed by atoms with E-state index in [0.29, 0.717) is 11.0 Å². The molecule has 1 aliphatic heterocycles. The van der Waals surface area contributed by atoms with Crippen molar-refractivity contribution in [2.24, 2.45) is 0 Å². The van der Waals surface area contributed by atoms with Crippen molar-refractivity contribution in [3.8, 4) is 0 Å². The molecule has 1 fully saturated rings. The molecule has 1 aliphatic rings. The fourth-order valence-corrected chi connectivity index (χ4v) is 3.04. The van der Waals surface area contributed by atoms with Crippen LogP contribution in [-0.4, -0.2) is 33.0 Å². The van der Waals surface area contributed by atoms with Crippen LogP contribution in [0.3, 0.4) is 0 Å². The zero-order valence-corrected chi connectivity index (χ0v) is 12.9. The van der Waals surface area contributed by atoms with Gasteiger partial charge in [-0.25, -0.2) is 0 Å². The highest BCUT2D eigenvalue weighted by atomic mass is 16.2. The number of likely N-dealkylation sites (tertiary alicyclic amines) is 1. The van der Waals surface area contributed by atoms with Gasteiger partial charge < -0.3 is 4.90 Å². The number of amides is 1. The molecule has 3 rings (SSSR count). The number of rotatable bonds is 4. The lowest BCUT2D eigenvalue weighted by atomic mass is 10.2. The number of benzene rings is 1. The van der Waals surface area contributed by atoms with Crippen LogP contribution in [-0.2, 0) is 17.9 Å². The molecule has 1 amide bonds. The Morgan fingerprint density at radius 3 is 2.22 bits per heavy atom. The molecule has 0 N–H and O–H groups in total. The first kappa shape index (κ1) is 15.3. The van der Waals surface area contributed by atoms with Crippen molar-refractivity contribution < 1.29 is 4.79 Å². The number of nitrogens with zero attached hydrogens (tertiary/aromatic N) is 3. The second-order valence-electron chi connectivity index (χ2n) is 5.67.